The molecule has 7 heteroatoms. The first-order valence-corrected chi connectivity index (χ1v) is 10.1. The average Bonchev–Trinajstić information content (AvgIpc) is 3.33. The number of amides is 1. The minimum absolute atomic E-state index is 0.0119. The Morgan fingerprint density at radius 3 is 2.56 bits per heavy atom. The first-order chi connectivity index (χ1) is 12.2. The fraction of sp³-hybridized carbons (Fsp3) is 0.222. The van der Waals surface area contributed by atoms with Gasteiger partial charge in [-0.2, -0.15) is 0 Å². The first-order valence-electron chi connectivity index (χ1n) is 8.00. The Bertz CT molecular complexity index is 870. The molecule has 128 valence electrons. The van der Waals surface area contributed by atoms with Gasteiger partial charge in [-0.25, -0.2) is 4.98 Å². The second kappa shape index (κ2) is 7.15. The second-order valence-corrected chi connectivity index (χ2v) is 7.96. The van der Waals surface area contributed by atoms with E-state index in [9.17, 15) is 4.79 Å². The molecule has 4 rings (SSSR count). The van der Waals surface area contributed by atoms with Crippen molar-refractivity contribution in [3.63, 3.8) is 0 Å². The largest absolute Gasteiger partial charge is 0.367 e. The summed E-state index contributed by atoms with van der Waals surface area (Å²) in [5.74, 6) is 0.0119. The van der Waals surface area contributed by atoms with Crippen LogP contribution in [0.15, 0.2) is 47.2 Å². The van der Waals surface area contributed by atoms with Gasteiger partial charge in [0.05, 0.1) is 15.6 Å². The topological polar surface area (TPSA) is 36.4 Å². The molecule has 1 saturated heterocycles. The van der Waals surface area contributed by atoms with Crippen molar-refractivity contribution in [1.82, 2.24) is 9.88 Å². The molecule has 0 bridgehead atoms. The lowest BCUT2D eigenvalue weighted by molar-refractivity contribution is 0.0742. The highest BCUT2D eigenvalue weighted by Crippen LogP contribution is 2.29. The van der Waals surface area contributed by atoms with Crippen LogP contribution in [-0.2, 0) is 0 Å². The fourth-order valence-electron chi connectivity index (χ4n) is 2.91. The molecule has 25 heavy (non-hydrogen) atoms. The van der Waals surface area contributed by atoms with Crippen molar-refractivity contribution < 1.29 is 4.79 Å². The second-order valence-electron chi connectivity index (χ2n) is 5.75. The van der Waals surface area contributed by atoms with Crippen LogP contribution in [0.5, 0.6) is 0 Å². The normalized spacial score (nSPS) is 14.8. The number of piperazine rings is 1. The molecule has 0 spiro atoms. The van der Waals surface area contributed by atoms with Gasteiger partial charge < -0.3 is 9.80 Å². The van der Waals surface area contributed by atoms with Crippen LogP contribution in [0.25, 0.3) is 9.88 Å². The number of benzene rings is 1. The maximum atomic E-state index is 12.7. The summed E-state index contributed by atoms with van der Waals surface area (Å²) in [6, 6.07) is 11.9. The van der Waals surface area contributed by atoms with Crippen LogP contribution < -0.4 is 4.90 Å². The minimum atomic E-state index is 0.0119. The van der Waals surface area contributed by atoms with E-state index in [1.165, 1.54) is 11.3 Å². The summed E-state index contributed by atoms with van der Waals surface area (Å²) in [4.78, 5) is 22.5. The van der Waals surface area contributed by atoms with E-state index in [0.29, 0.717) is 18.8 Å². The molecule has 0 radical (unpaired) electrons. The summed E-state index contributed by atoms with van der Waals surface area (Å²) >= 11 is 9.44. The van der Waals surface area contributed by atoms with E-state index in [1.54, 1.807) is 11.3 Å². The van der Waals surface area contributed by atoms with E-state index in [1.807, 2.05) is 52.1 Å². The highest BCUT2D eigenvalue weighted by atomic mass is 35.5. The van der Waals surface area contributed by atoms with Gasteiger partial charge in [0.25, 0.3) is 5.91 Å². The molecule has 1 aliphatic rings. The molecule has 3 aromatic rings. The summed E-state index contributed by atoms with van der Waals surface area (Å²) in [5.41, 5.74) is 1.57. The van der Waals surface area contributed by atoms with Crippen molar-refractivity contribution in [2.24, 2.45) is 0 Å². The molecular weight excluding hydrogens is 374 g/mol. The van der Waals surface area contributed by atoms with Gasteiger partial charge in [0.1, 0.15) is 10.7 Å². The van der Waals surface area contributed by atoms with Crippen molar-refractivity contribution in [2.75, 3.05) is 31.1 Å². The zero-order chi connectivity index (χ0) is 17.2. The number of carbonyl (C=O) groups excluding carboxylic acids is 1. The number of rotatable bonds is 3. The SMILES string of the molecule is O=C(c1csc(-c2cccs2)n1)N1CCN(c2ccccc2Cl)CC1. The summed E-state index contributed by atoms with van der Waals surface area (Å²) in [7, 11) is 0. The molecule has 3 heterocycles. The van der Waals surface area contributed by atoms with E-state index in [4.69, 9.17) is 11.6 Å². The number of hydrogen-bond donors (Lipinski definition) is 0. The number of hydrogen-bond acceptors (Lipinski definition) is 5. The van der Waals surface area contributed by atoms with Gasteiger partial charge in [0.2, 0.25) is 0 Å². The molecule has 1 aromatic carbocycles. The van der Waals surface area contributed by atoms with Gasteiger partial charge in [-0.05, 0) is 23.6 Å². The van der Waals surface area contributed by atoms with Crippen LogP contribution in [0.1, 0.15) is 10.5 Å². The van der Waals surface area contributed by atoms with Crippen LogP contribution in [0.3, 0.4) is 0 Å². The zero-order valence-electron chi connectivity index (χ0n) is 13.4. The maximum absolute atomic E-state index is 12.7. The lowest BCUT2D eigenvalue weighted by Gasteiger charge is -2.36. The summed E-state index contributed by atoms with van der Waals surface area (Å²) < 4.78 is 0. The summed E-state index contributed by atoms with van der Waals surface area (Å²) in [6.07, 6.45) is 0. The average molecular weight is 390 g/mol. The Kier molecular flexibility index (Phi) is 4.74. The van der Waals surface area contributed by atoms with E-state index in [-0.39, 0.29) is 5.91 Å². The summed E-state index contributed by atoms with van der Waals surface area (Å²) in [6.45, 7) is 2.90. The molecule has 0 saturated carbocycles. The molecule has 0 N–H and O–H groups in total. The van der Waals surface area contributed by atoms with Crippen LogP contribution >= 0.6 is 34.3 Å². The highest BCUT2D eigenvalue weighted by molar-refractivity contribution is 7.20. The van der Waals surface area contributed by atoms with Gasteiger partial charge >= 0.3 is 0 Å². The van der Waals surface area contributed by atoms with E-state index >= 15 is 0 Å². The van der Waals surface area contributed by atoms with Crippen LogP contribution in [0.2, 0.25) is 5.02 Å². The Labute approximate surface area is 159 Å². The van der Waals surface area contributed by atoms with E-state index < -0.39 is 0 Å². The molecule has 0 unspecified atom stereocenters. The number of aromatic nitrogens is 1. The predicted octanol–water partition coefficient (Wildman–Crippen LogP) is 4.49. The predicted molar refractivity (Wildman–Crippen MR) is 105 cm³/mol. The van der Waals surface area contributed by atoms with Crippen molar-refractivity contribution >= 4 is 45.9 Å². The standard InChI is InChI=1S/C18H16ClN3OS2/c19-13-4-1-2-5-15(13)21-7-9-22(10-8-21)18(23)14-12-25-17(20-14)16-6-3-11-24-16/h1-6,11-12H,7-10H2. The number of halogens is 1. The molecular formula is C18H16ClN3OS2. The third-order valence-electron chi connectivity index (χ3n) is 4.22. The molecule has 0 aliphatic carbocycles. The van der Waals surface area contributed by atoms with Crippen LogP contribution in [-0.4, -0.2) is 42.0 Å². The number of para-hydroxylation sites is 1. The van der Waals surface area contributed by atoms with Crippen LogP contribution in [0.4, 0.5) is 5.69 Å². The Balaban J connectivity index is 1.42. The number of thiophene rings is 1. The van der Waals surface area contributed by atoms with Gasteiger partial charge in [0, 0.05) is 31.6 Å². The quantitative estimate of drug-likeness (QED) is 0.662. The Morgan fingerprint density at radius 1 is 1.04 bits per heavy atom. The number of nitrogens with zero attached hydrogens (tertiary/aromatic N) is 3. The van der Waals surface area contributed by atoms with Crippen molar-refractivity contribution in [3.8, 4) is 9.88 Å². The lowest BCUT2D eigenvalue weighted by atomic mass is 10.2. The lowest BCUT2D eigenvalue weighted by Crippen LogP contribution is -2.49. The van der Waals surface area contributed by atoms with Gasteiger partial charge in [-0.15, -0.1) is 22.7 Å². The Morgan fingerprint density at radius 2 is 1.84 bits per heavy atom. The summed E-state index contributed by atoms with van der Waals surface area (Å²) in [5, 5.41) is 5.54. The van der Waals surface area contributed by atoms with Crippen molar-refractivity contribution in [3.05, 3.63) is 57.9 Å². The van der Waals surface area contributed by atoms with Gasteiger partial charge in [-0.1, -0.05) is 29.8 Å². The molecule has 1 fully saturated rings. The van der Waals surface area contributed by atoms with Crippen molar-refractivity contribution in [1.29, 1.82) is 0 Å². The molecule has 1 aliphatic heterocycles. The molecule has 4 nitrogen and oxygen atoms in total. The zero-order valence-corrected chi connectivity index (χ0v) is 15.8. The van der Waals surface area contributed by atoms with Crippen LogP contribution in [0, 0.1) is 0 Å². The third-order valence-corrected chi connectivity index (χ3v) is 6.42. The van der Waals surface area contributed by atoms with E-state index in [0.717, 1.165) is 33.7 Å². The van der Waals surface area contributed by atoms with Crippen molar-refractivity contribution in [2.45, 2.75) is 0 Å². The molecule has 1 amide bonds. The number of anilines is 1. The first kappa shape index (κ1) is 16.6. The highest BCUT2D eigenvalue weighted by Gasteiger charge is 2.25. The Hall–Kier alpha value is -1.89. The minimum Gasteiger partial charge on any atom is -0.367 e. The molecule has 0 atom stereocenters. The van der Waals surface area contributed by atoms with Gasteiger partial charge in [-0.3, -0.25) is 4.79 Å². The smallest absolute Gasteiger partial charge is 0.273 e. The monoisotopic (exact) mass is 389 g/mol. The third kappa shape index (κ3) is 3.42. The van der Waals surface area contributed by atoms with Gasteiger partial charge in [0.15, 0.2) is 0 Å². The number of carbonyl (C=O) groups is 1. The molecule has 2 aromatic heterocycles. The van der Waals surface area contributed by atoms with E-state index in [2.05, 4.69) is 9.88 Å². The number of thiazole rings is 1. The maximum Gasteiger partial charge on any atom is 0.273 e. The fourth-order valence-corrected chi connectivity index (χ4v) is 4.77.